The lowest BCUT2D eigenvalue weighted by atomic mass is 10.1. The first-order valence-electron chi connectivity index (χ1n) is 7.25. The molecule has 22 heavy (non-hydrogen) atoms. The molecule has 0 bridgehead atoms. The number of carbonyl (C=O) groups excluding carboxylic acids is 1. The average molecular weight is 300 g/mol. The van der Waals surface area contributed by atoms with Crippen LogP contribution in [0, 0.1) is 0 Å². The summed E-state index contributed by atoms with van der Waals surface area (Å²) in [6.07, 6.45) is 1.79. The highest BCUT2D eigenvalue weighted by molar-refractivity contribution is 5.88. The summed E-state index contributed by atoms with van der Waals surface area (Å²) in [6.45, 7) is 4.98. The van der Waals surface area contributed by atoms with Gasteiger partial charge in [-0.1, -0.05) is 18.2 Å². The first-order valence-corrected chi connectivity index (χ1v) is 7.25. The molecule has 2 aromatic rings. The summed E-state index contributed by atoms with van der Waals surface area (Å²) in [5.41, 5.74) is 0.554. The fraction of sp³-hybridized carbons (Fsp3) is 0.375. The van der Waals surface area contributed by atoms with E-state index in [0.717, 1.165) is 11.3 Å². The largest absolute Gasteiger partial charge is 0.486 e. The van der Waals surface area contributed by atoms with Crippen LogP contribution in [0.25, 0.3) is 0 Å². The Morgan fingerprint density at radius 1 is 1.32 bits per heavy atom. The van der Waals surface area contributed by atoms with E-state index in [1.165, 1.54) is 0 Å². The Labute approximate surface area is 129 Å². The molecule has 0 saturated carbocycles. The Kier molecular flexibility index (Phi) is 3.52. The number of ether oxygens (including phenoxy) is 1. The molecule has 0 radical (unpaired) electrons. The zero-order valence-corrected chi connectivity index (χ0v) is 13.0. The minimum absolute atomic E-state index is 0.174. The summed E-state index contributed by atoms with van der Waals surface area (Å²) >= 11 is 0. The van der Waals surface area contributed by atoms with Gasteiger partial charge in [-0.15, -0.1) is 0 Å². The van der Waals surface area contributed by atoms with Crippen LogP contribution < -0.4 is 10.1 Å². The maximum absolute atomic E-state index is 12.5. The molecule has 6 nitrogen and oxygen atoms in total. The van der Waals surface area contributed by atoms with Crippen LogP contribution in [0.1, 0.15) is 19.4 Å². The van der Waals surface area contributed by atoms with Crippen molar-refractivity contribution < 1.29 is 9.53 Å². The number of rotatable bonds is 1. The van der Waals surface area contributed by atoms with E-state index < -0.39 is 5.60 Å². The van der Waals surface area contributed by atoms with Gasteiger partial charge in [-0.05, 0) is 19.9 Å². The van der Waals surface area contributed by atoms with Crippen LogP contribution in [0.2, 0.25) is 0 Å². The Morgan fingerprint density at radius 2 is 2.09 bits per heavy atom. The molecule has 2 amide bonds. The van der Waals surface area contributed by atoms with Crippen molar-refractivity contribution in [2.75, 3.05) is 11.9 Å². The minimum atomic E-state index is -0.450. The third-order valence-corrected chi connectivity index (χ3v) is 3.53. The Bertz CT molecular complexity index is 693. The lowest BCUT2D eigenvalue weighted by Crippen LogP contribution is -2.44. The number of amides is 2. The van der Waals surface area contributed by atoms with E-state index in [1.807, 2.05) is 45.2 Å². The molecule has 116 valence electrons. The summed E-state index contributed by atoms with van der Waals surface area (Å²) in [7, 11) is 1.81. The molecule has 0 unspecified atom stereocenters. The standard InChI is InChI=1S/C16H20N4O2/c1-16(2)11-20(10-12-6-4-5-7-13(12)22-16)15(21)17-14-8-9-19(3)18-14/h4-9H,10-11H2,1-3H3,(H,17,18,21). The summed E-state index contributed by atoms with van der Waals surface area (Å²) in [4.78, 5) is 14.3. The highest BCUT2D eigenvalue weighted by Gasteiger charge is 2.31. The maximum atomic E-state index is 12.5. The molecule has 0 atom stereocenters. The number of aromatic nitrogens is 2. The summed E-state index contributed by atoms with van der Waals surface area (Å²) < 4.78 is 7.69. The highest BCUT2D eigenvalue weighted by Crippen LogP contribution is 2.29. The average Bonchev–Trinajstić information content (AvgIpc) is 2.78. The number of aryl methyl sites for hydroxylation is 1. The van der Waals surface area contributed by atoms with Crippen molar-refractivity contribution in [3.8, 4) is 5.75 Å². The van der Waals surface area contributed by atoms with Crippen molar-refractivity contribution in [3.05, 3.63) is 42.1 Å². The maximum Gasteiger partial charge on any atom is 0.323 e. The van der Waals surface area contributed by atoms with Crippen molar-refractivity contribution in [1.82, 2.24) is 14.7 Å². The molecule has 0 spiro atoms. The second kappa shape index (κ2) is 5.36. The van der Waals surface area contributed by atoms with Crippen LogP contribution in [0.3, 0.4) is 0 Å². The number of carbonyl (C=O) groups is 1. The van der Waals surface area contributed by atoms with E-state index in [9.17, 15) is 4.79 Å². The van der Waals surface area contributed by atoms with Gasteiger partial charge >= 0.3 is 6.03 Å². The Morgan fingerprint density at radius 3 is 2.82 bits per heavy atom. The summed E-state index contributed by atoms with van der Waals surface area (Å²) in [6, 6.07) is 9.42. The summed E-state index contributed by atoms with van der Waals surface area (Å²) in [5.74, 6) is 1.38. The molecule has 2 heterocycles. The fourth-order valence-electron chi connectivity index (χ4n) is 2.60. The van der Waals surface area contributed by atoms with Gasteiger partial charge in [-0.2, -0.15) is 5.10 Å². The zero-order chi connectivity index (χ0) is 15.7. The van der Waals surface area contributed by atoms with Crippen molar-refractivity contribution in [3.63, 3.8) is 0 Å². The molecule has 6 heteroatoms. The first kappa shape index (κ1) is 14.4. The van der Waals surface area contributed by atoms with Crippen LogP contribution >= 0.6 is 0 Å². The lowest BCUT2D eigenvalue weighted by molar-refractivity contribution is 0.0834. The van der Waals surface area contributed by atoms with Crippen molar-refractivity contribution in [1.29, 1.82) is 0 Å². The second-order valence-electron chi connectivity index (χ2n) is 6.13. The van der Waals surface area contributed by atoms with Gasteiger partial charge in [0.2, 0.25) is 0 Å². The number of hydrogen-bond donors (Lipinski definition) is 1. The Balaban J connectivity index is 1.82. The van der Waals surface area contributed by atoms with Gasteiger partial charge in [0.25, 0.3) is 0 Å². The zero-order valence-electron chi connectivity index (χ0n) is 13.0. The molecule has 0 aliphatic carbocycles. The van der Waals surface area contributed by atoms with Crippen LogP contribution in [0.15, 0.2) is 36.5 Å². The number of fused-ring (bicyclic) bond motifs is 1. The van der Waals surface area contributed by atoms with E-state index in [0.29, 0.717) is 18.9 Å². The smallest absolute Gasteiger partial charge is 0.323 e. The number of anilines is 1. The predicted molar refractivity (Wildman–Crippen MR) is 83.8 cm³/mol. The monoisotopic (exact) mass is 300 g/mol. The topological polar surface area (TPSA) is 59.4 Å². The third-order valence-electron chi connectivity index (χ3n) is 3.53. The highest BCUT2D eigenvalue weighted by atomic mass is 16.5. The molecular formula is C16H20N4O2. The SMILES string of the molecule is Cn1ccc(NC(=O)N2Cc3ccccc3OC(C)(C)C2)n1. The van der Waals surface area contributed by atoms with E-state index in [2.05, 4.69) is 10.4 Å². The van der Waals surface area contributed by atoms with Gasteiger partial charge in [-0.25, -0.2) is 4.79 Å². The molecule has 0 saturated heterocycles. The van der Waals surface area contributed by atoms with Crippen LogP contribution in [-0.4, -0.2) is 32.9 Å². The molecule has 1 aliphatic heterocycles. The molecule has 1 aromatic heterocycles. The van der Waals surface area contributed by atoms with Gasteiger partial charge in [0.15, 0.2) is 5.82 Å². The fourth-order valence-corrected chi connectivity index (χ4v) is 2.60. The van der Waals surface area contributed by atoms with Gasteiger partial charge in [0.05, 0.1) is 13.1 Å². The minimum Gasteiger partial charge on any atom is -0.486 e. The molecule has 1 aromatic carbocycles. The number of urea groups is 1. The van der Waals surface area contributed by atoms with Crippen LogP contribution in [0.5, 0.6) is 5.75 Å². The second-order valence-corrected chi connectivity index (χ2v) is 6.13. The molecule has 3 rings (SSSR count). The van der Waals surface area contributed by atoms with Crippen molar-refractivity contribution >= 4 is 11.8 Å². The summed E-state index contributed by atoms with van der Waals surface area (Å²) in [5, 5.41) is 7.00. The van der Waals surface area contributed by atoms with Gasteiger partial charge < -0.3 is 9.64 Å². The van der Waals surface area contributed by atoms with Crippen molar-refractivity contribution in [2.45, 2.75) is 26.0 Å². The predicted octanol–water partition coefficient (Wildman–Crippen LogP) is 2.63. The number of nitrogens with one attached hydrogen (secondary N) is 1. The van der Waals surface area contributed by atoms with Gasteiger partial charge in [-0.3, -0.25) is 10.00 Å². The van der Waals surface area contributed by atoms with E-state index in [4.69, 9.17) is 4.74 Å². The van der Waals surface area contributed by atoms with E-state index >= 15 is 0 Å². The normalized spacial score (nSPS) is 16.4. The van der Waals surface area contributed by atoms with E-state index in [-0.39, 0.29) is 6.03 Å². The van der Waals surface area contributed by atoms with Crippen LogP contribution in [0.4, 0.5) is 10.6 Å². The Hall–Kier alpha value is -2.50. The van der Waals surface area contributed by atoms with Gasteiger partial charge in [0.1, 0.15) is 11.4 Å². The van der Waals surface area contributed by atoms with Crippen molar-refractivity contribution in [2.24, 2.45) is 7.05 Å². The quantitative estimate of drug-likeness (QED) is 0.880. The lowest BCUT2D eigenvalue weighted by Gasteiger charge is -2.29. The molecular weight excluding hydrogens is 280 g/mol. The number of para-hydroxylation sites is 1. The first-order chi connectivity index (χ1) is 10.4. The van der Waals surface area contributed by atoms with Gasteiger partial charge in [0, 0.05) is 24.9 Å². The van der Waals surface area contributed by atoms with E-state index in [1.54, 1.807) is 21.8 Å². The van der Waals surface area contributed by atoms with Crippen LogP contribution in [-0.2, 0) is 13.6 Å². The number of benzene rings is 1. The molecule has 0 fully saturated rings. The molecule has 1 aliphatic rings. The molecule has 1 N–H and O–H groups in total. The number of hydrogen-bond acceptors (Lipinski definition) is 3. The third kappa shape index (κ3) is 3.05. The number of nitrogens with zero attached hydrogens (tertiary/aromatic N) is 3.